The fourth-order valence-corrected chi connectivity index (χ4v) is 4.44. The molecule has 1 aliphatic heterocycles. The predicted molar refractivity (Wildman–Crippen MR) is 116 cm³/mol. The Bertz CT molecular complexity index is 893. The quantitative estimate of drug-likeness (QED) is 0.590. The van der Waals surface area contributed by atoms with Crippen LogP contribution in [0.4, 0.5) is 0 Å². The molecule has 3 rings (SSSR count). The summed E-state index contributed by atoms with van der Waals surface area (Å²) in [4.78, 5) is 31.7. The predicted octanol–water partition coefficient (Wildman–Crippen LogP) is 3.81. The van der Waals surface area contributed by atoms with Crippen molar-refractivity contribution >= 4 is 13.7 Å². The molecule has 2 N–H and O–H groups in total. The van der Waals surface area contributed by atoms with Crippen LogP contribution in [0, 0.1) is 6.92 Å². The summed E-state index contributed by atoms with van der Waals surface area (Å²) in [6.07, 6.45) is 3.93. The number of amides is 1. The van der Waals surface area contributed by atoms with Gasteiger partial charge >= 0.3 is 7.82 Å². The smallest absolute Gasteiger partial charge is 0.340 e. The minimum absolute atomic E-state index is 0.0154. The molecule has 0 aromatic heterocycles. The van der Waals surface area contributed by atoms with Crippen molar-refractivity contribution < 1.29 is 23.7 Å². The van der Waals surface area contributed by atoms with Crippen molar-refractivity contribution in [2.75, 3.05) is 13.1 Å². The van der Waals surface area contributed by atoms with Crippen molar-refractivity contribution in [3.05, 3.63) is 70.8 Å². The molecule has 162 valence electrons. The lowest BCUT2D eigenvalue weighted by molar-refractivity contribution is -0.130. The summed E-state index contributed by atoms with van der Waals surface area (Å²) < 4.78 is 15.6. The highest BCUT2D eigenvalue weighted by atomic mass is 31.2. The maximum absolute atomic E-state index is 12.3. The minimum Gasteiger partial charge on any atom is -0.340 e. The van der Waals surface area contributed by atoms with Crippen molar-refractivity contribution in [1.29, 1.82) is 0 Å². The molecule has 7 heteroatoms. The second kappa shape index (κ2) is 10.4. The largest absolute Gasteiger partial charge is 0.469 e. The Morgan fingerprint density at radius 2 is 1.73 bits per heavy atom. The lowest BCUT2D eigenvalue weighted by Crippen LogP contribution is -2.29. The molecule has 1 unspecified atom stereocenters. The monoisotopic (exact) mass is 431 g/mol. The Balaban J connectivity index is 1.38. The zero-order chi connectivity index (χ0) is 21.6. The Kier molecular flexibility index (Phi) is 7.84. The van der Waals surface area contributed by atoms with Gasteiger partial charge in [-0.2, -0.15) is 0 Å². The number of hydrogen-bond donors (Lipinski definition) is 2. The van der Waals surface area contributed by atoms with Gasteiger partial charge in [0.1, 0.15) is 0 Å². The number of rotatable bonds is 9. The van der Waals surface area contributed by atoms with Crippen molar-refractivity contribution in [1.82, 2.24) is 4.90 Å². The number of likely N-dealkylation sites (tertiary alicyclic amines) is 1. The number of hydrogen-bond acceptors (Lipinski definition) is 3. The van der Waals surface area contributed by atoms with Crippen LogP contribution in [-0.2, 0) is 33.1 Å². The molecule has 1 atom stereocenters. The molecule has 6 nitrogen and oxygen atoms in total. The van der Waals surface area contributed by atoms with E-state index in [1.54, 1.807) is 4.90 Å². The summed E-state index contributed by atoms with van der Waals surface area (Å²) in [5, 5.41) is 0. The zero-order valence-electron chi connectivity index (χ0n) is 17.4. The first-order valence-corrected chi connectivity index (χ1v) is 12.0. The van der Waals surface area contributed by atoms with Crippen molar-refractivity contribution in [2.45, 2.75) is 51.6 Å². The average Bonchev–Trinajstić information content (AvgIpc) is 3.15. The van der Waals surface area contributed by atoms with E-state index in [9.17, 15) is 9.36 Å². The van der Waals surface area contributed by atoms with E-state index in [2.05, 4.69) is 55.5 Å². The van der Waals surface area contributed by atoms with Crippen LogP contribution in [0.5, 0.6) is 0 Å². The second-order valence-corrected chi connectivity index (χ2v) is 9.13. The summed E-state index contributed by atoms with van der Waals surface area (Å²) in [6.45, 7) is 2.88. The molecule has 1 aliphatic rings. The molecule has 2 aromatic carbocycles. The molecule has 1 amide bonds. The SMILES string of the molecule is Cc1ccccc1CCc1ccc(CCCC(=O)N2CCC(OP(=O)(O)O)C2)cc1. The molecule has 0 saturated carbocycles. The van der Waals surface area contributed by atoms with E-state index in [1.165, 1.54) is 22.3 Å². The molecule has 1 fully saturated rings. The maximum atomic E-state index is 12.3. The number of phosphoric ester groups is 1. The van der Waals surface area contributed by atoms with Gasteiger partial charge in [-0.05, 0) is 61.3 Å². The van der Waals surface area contributed by atoms with Crippen LogP contribution in [-0.4, -0.2) is 39.8 Å². The highest BCUT2D eigenvalue weighted by Gasteiger charge is 2.31. The molecule has 0 spiro atoms. The average molecular weight is 431 g/mol. The fourth-order valence-electron chi connectivity index (χ4n) is 3.88. The van der Waals surface area contributed by atoms with E-state index in [0.29, 0.717) is 19.4 Å². The molecular formula is C23H30NO5P. The van der Waals surface area contributed by atoms with Gasteiger partial charge in [0.05, 0.1) is 6.10 Å². The maximum Gasteiger partial charge on any atom is 0.469 e. The molecule has 1 heterocycles. The van der Waals surface area contributed by atoms with Gasteiger partial charge in [-0.15, -0.1) is 0 Å². The summed E-state index contributed by atoms with van der Waals surface area (Å²) in [5.74, 6) is 0.0154. The van der Waals surface area contributed by atoms with Gasteiger partial charge in [-0.25, -0.2) is 4.57 Å². The number of aryl methyl sites for hydroxylation is 4. The molecular weight excluding hydrogens is 401 g/mol. The van der Waals surface area contributed by atoms with Gasteiger partial charge < -0.3 is 14.7 Å². The first kappa shape index (κ1) is 22.7. The third-order valence-corrected chi connectivity index (χ3v) is 6.18. The van der Waals surface area contributed by atoms with Gasteiger partial charge in [-0.1, -0.05) is 48.5 Å². The Morgan fingerprint density at radius 3 is 2.40 bits per heavy atom. The van der Waals surface area contributed by atoms with E-state index in [4.69, 9.17) is 14.3 Å². The molecule has 0 aliphatic carbocycles. The molecule has 30 heavy (non-hydrogen) atoms. The van der Waals surface area contributed by atoms with Gasteiger partial charge in [0.15, 0.2) is 0 Å². The molecule has 1 saturated heterocycles. The van der Waals surface area contributed by atoms with Crippen LogP contribution in [0.1, 0.15) is 41.5 Å². The van der Waals surface area contributed by atoms with Gasteiger partial charge in [0.25, 0.3) is 0 Å². The Hall–Kier alpha value is -1.98. The van der Waals surface area contributed by atoms with Crippen LogP contribution >= 0.6 is 7.82 Å². The highest BCUT2D eigenvalue weighted by Crippen LogP contribution is 2.39. The minimum atomic E-state index is -4.50. The number of benzene rings is 2. The van der Waals surface area contributed by atoms with Crippen molar-refractivity contribution in [3.63, 3.8) is 0 Å². The van der Waals surface area contributed by atoms with E-state index < -0.39 is 13.9 Å². The van der Waals surface area contributed by atoms with Crippen LogP contribution < -0.4 is 0 Å². The zero-order valence-corrected chi connectivity index (χ0v) is 18.3. The first-order chi connectivity index (χ1) is 14.3. The standard InChI is InChI=1S/C23H30NO5P/c1-18-5-2-3-7-21(18)14-13-20-11-9-19(10-12-20)6-4-8-23(25)24-16-15-22(17-24)29-30(26,27)28/h2-3,5,7,9-12,22H,4,6,8,13-17H2,1H3,(H2,26,27,28). The van der Waals surface area contributed by atoms with Gasteiger partial charge in [-0.3, -0.25) is 9.32 Å². The van der Waals surface area contributed by atoms with Gasteiger partial charge in [0, 0.05) is 19.5 Å². The van der Waals surface area contributed by atoms with E-state index in [0.717, 1.165) is 25.7 Å². The van der Waals surface area contributed by atoms with Crippen LogP contribution in [0.3, 0.4) is 0 Å². The Morgan fingerprint density at radius 1 is 1.07 bits per heavy atom. The summed E-state index contributed by atoms with van der Waals surface area (Å²) >= 11 is 0. The number of carbonyl (C=O) groups excluding carboxylic acids is 1. The van der Waals surface area contributed by atoms with Crippen LogP contribution in [0.25, 0.3) is 0 Å². The second-order valence-electron chi connectivity index (χ2n) is 7.94. The van der Waals surface area contributed by atoms with Gasteiger partial charge in [0.2, 0.25) is 5.91 Å². The van der Waals surface area contributed by atoms with E-state index >= 15 is 0 Å². The number of carbonyl (C=O) groups is 1. The lowest BCUT2D eigenvalue weighted by atomic mass is 9.99. The third kappa shape index (κ3) is 7.06. The molecule has 2 aromatic rings. The Labute approximate surface area is 178 Å². The summed E-state index contributed by atoms with van der Waals surface area (Å²) in [6, 6.07) is 17.1. The number of phosphoric acid groups is 1. The topological polar surface area (TPSA) is 87.1 Å². The van der Waals surface area contributed by atoms with E-state index in [1.807, 2.05) is 0 Å². The van der Waals surface area contributed by atoms with E-state index in [-0.39, 0.29) is 12.5 Å². The summed E-state index contributed by atoms with van der Waals surface area (Å²) in [5.41, 5.74) is 5.24. The molecule has 0 radical (unpaired) electrons. The normalized spacial score (nSPS) is 16.8. The molecule has 0 bridgehead atoms. The van der Waals surface area contributed by atoms with Crippen LogP contribution in [0.2, 0.25) is 0 Å². The van der Waals surface area contributed by atoms with Crippen LogP contribution in [0.15, 0.2) is 48.5 Å². The van der Waals surface area contributed by atoms with Crippen molar-refractivity contribution in [2.24, 2.45) is 0 Å². The first-order valence-electron chi connectivity index (χ1n) is 10.4. The summed E-state index contributed by atoms with van der Waals surface area (Å²) in [7, 11) is -4.50. The highest BCUT2D eigenvalue weighted by molar-refractivity contribution is 7.46. The third-order valence-electron chi connectivity index (χ3n) is 5.61. The fraction of sp³-hybridized carbons (Fsp3) is 0.435. The number of nitrogens with zero attached hydrogens (tertiary/aromatic N) is 1. The van der Waals surface area contributed by atoms with Crippen molar-refractivity contribution in [3.8, 4) is 0 Å². The lowest BCUT2D eigenvalue weighted by Gasteiger charge is -2.17.